The molecule has 0 radical (unpaired) electrons. The predicted octanol–water partition coefficient (Wildman–Crippen LogP) is 2.51. The molecule has 2 rings (SSSR count). The van der Waals surface area contributed by atoms with Crippen molar-refractivity contribution in [3.63, 3.8) is 0 Å². The third-order valence-corrected chi connectivity index (χ3v) is 3.62. The van der Waals surface area contributed by atoms with Crippen molar-refractivity contribution < 1.29 is 4.79 Å². The van der Waals surface area contributed by atoms with E-state index in [1.165, 1.54) is 12.8 Å². The van der Waals surface area contributed by atoms with Crippen LogP contribution >= 0.6 is 0 Å². The van der Waals surface area contributed by atoms with Gasteiger partial charge in [0.25, 0.3) is 0 Å². The lowest BCUT2D eigenvalue weighted by Gasteiger charge is -2.27. The van der Waals surface area contributed by atoms with Crippen LogP contribution in [0.15, 0.2) is 24.3 Å². The minimum Gasteiger partial charge on any atom is -0.399 e. The summed E-state index contributed by atoms with van der Waals surface area (Å²) in [5, 5.41) is 3.14. The number of anilines is 1. The highest BCUT2D eigenvalue weighted by Gasteiger charge is 2.20. The van der Waals surface area contributed by atoms with Crippen LogP contribution in [0, 0.1) is 5.92 Å². The highest BCUT2D eigenvalue weighted by molar-refractivity contribution is 5.79. The lowest BCUT2D eigenvalue weighted by atomic mass is 9.87. The quantitative estimate of drug-likeness (QED) is 0.805. The fraction of sp³-hybridized carbons (Fsp3) is 0.533. The second kappa shape index (κ2) is 5.89. The summed E-state index contributed by atoms with van der Waals surface area (Å²) in [6, 6.07) is 7.90. The van der Waals surface area contributed by atoms with Gasteiger partial charge in [-0.2, -0.15) is 0 Å². The normalized spacial score (nSPS) is 23.6. The summed E-state index contributed by atoms with van der Waals surface area (Å²) < 4.78 is 0. The molecule has 1 amide bonds. The van der Waals surface area contributed by atoms with Crippen molar-refractivity contribution in [3.05, 3.63) is 29.8 Å². The SMILES string of the molecule is C[C@H]1CCC[C@H](NC(=O)Cc2cccc(N)c2)C1. The van der Waals surface area contributed by atoms with Crippen LogP contribution in [0.3, 0.4) is 0 Å². The van der Waals surface area contributed by atoms with Crippen molar-refractivity contribution >= 4 is 11.6 Å². The number of hydrogen-bond donors (Lipinski definition) is 2. The Morgan fingerprint density at radius 1 is 1.44 bits per heavy atom. The number of nitrogens with one attached hydrogen (secondary N) is 1. The monoisotopic (exact) mass is 246 g/mol. The zero-order valence-electron chi connectivity index (χ0n) is 11.0. The Balaban J connectivity index is 1.85. The summed E-state index contributed by atoms with van der Waals surface area (Å²) in [5.41, 5.74) is 7.40. The molecule has 1 aliphatic carbocycles. The molecule has 98 valence electrons. The van der Waals surface area contributed by atoms with Crippen molar-refractivity contribution in [2.45, 2.75) is 45.1 Å². The number of carbonyl (C=O) groups excluding carboxylic acids is 1. The second-order valence-electron chi connectivity index (χ2n) is 5.46. The minimum absolute atomic E-state index is 0.111. The molecule has 1 aromatic carbocycles. The number of nitrogens with two attached hydrogens (primary N) is 1. The van der Waals surface area contributed by atoms with Crippen LogP contribution in [0.1, 0.15) is 38.2 Å². The summed E-state index contributed by atoms with van der Waals surface area (Å²) in [6.45, 7) is 2.26. The number of benzene rings is 1. The molecule has 0 bridgehead atoms. The van der Waals surface area contributed by atoms with E-state index in [1.54, 1.807) is 0 Å². The Labute approximate surface area is 109 Å². The maximum absolute atomic E-state index is 11.9. The van der Waals surface area contributed by atoms with Crippen molar-refractivity contribution in [2.24, 2.45) is 5.92 Å². The molecule has 0 unspecified atom stereocenters. The first kappa shape index (κ1) is 12.9. The van der Waals surface area contributed by atoms with Gasteiger partial charge in [-0.05, 0) is 36.5 Å². The van der Waals surface area contributed by atoms with Gasteiger partial charge < -0.3 is 11.1 Å². The van der Waals surface area contributed by atoms with Crippen LogP contribution in [-0.4, -0.2) is 11.9 Å². The number of amides is 1. The Morgan fingerprint density at radius 2 is 2.28 bits per heavy atom. The average Bonchev–Trinajstić information content (AvgIpc) is 2.28. The van der Waals surface area contributed by atoms with E-state index < -0.39 is 0 Å². The van der Waals surface area contributed by atoms with Crippen LogP contribution < -0.4 is 11.1 Å². The van der Waals surface area contributed by atoms with E-state index >= 15 is 0 Å². The van der Waals surface area contributed by atoms with E-state index in [9.17, 15) is 4.79 Å². The van der Waals surface area contributed by atoms with E-state index in [2.05, 4.69) is 12.2 Å². The van der Waals surface area contributed by atoms with Crippen molar-refractivity contribution in [2.75, 3.05) is 5.73 Å². The van der Waals surface area contributed by atoms with Gasteiger partial charge >= 0.3 is 0 Å². The molecular weight excluding hydrogens is 224 g/mol. The highest BCUT2D eigenvalue weighted by atomic mass is 16.1. The summed E-state index contributed by atoms with van der Waals surface area (Å²) >= 11 is 0. The smallest absolute Gasteiger partial charge is 0.224 e. The van der Waals surface area contributed by atoms with Crippen molar-refractivity contribution in [3.8, 4) is 0 Å². The summed E-state index contributed by atoms with van der Waals surface area (Å²) in [4.78, 5) is 11.9. The maximum atomic E-state index is 11.9. The van der Waals surface area contributed by atoms with Gasteiger partial charge in [0.05, 0.1) is 6.42 Å². The Hall–Kier alpha value is -1.51. The lowest BCUT2D eigenvalue weighted by molar-refractivity contribution is -0.121. The van der Waals surface area contributed by atoms with Crippen LogP contribution in [0.2, 0.25) is 0 Å². The second-order valence-corrected chi connectivity index (χ2v) is 5.46. The van der Waals surface area contributed by atoms with Crippen LogP contribution in [0.4, 0.5) is 5.69 Å². The number of hydrogen-bond acceptors (Lipinski definition) is 2. The summed E-state index contributed by atoms with van der Waals surface area (Å²) in [7, 11) is 0. The highest BCUT2D eigenvalue weighted by Crippen LogP contribution is 2.23. The molecular formula is C15H22N2O. The molecule has 0 aliphatic heterocycles. The molecule has 18 heavy (non-hydrogen) atoms. The summed E-state index contributed by atoms with van der Waals surface area (Å²) in [5.74, 6) is 0.844. The van der Waals surface area contributed by atoms with Crippen LogP contribution in [-0.2, 0) is 11.2 Å². The van der Waals surface area contributed by atoms with Gasteiger partial charge in [-0.3, -0.25) is 4.79 Å². The molecule has 1 aromatic rings. The Kier molecular flexibility index (Phi) is 4.24. The van der Waals surface area contributed by atoms with Crippen molar-refractivity contribution in [1.29, 1.82) is 0 Å². The third kappa shape index (κ3) is 3.76. The molecule has 2 atom stereocenters. The van der Waals surface area contributed by atoms with E-state index in [0.29, 0.717) is 18.2 Å². The topological polar surface area (TPSA) is 55.1 Å². The fourth-order valence-corrected chi connectivity index (χ4v) is 2.73. The zero-order valence-corrected chi connectivity index (χ0v) is 11.0. The van der Waals surface area contributed by atoms with E-state index in [4.69, 9.17) is 5.73 Å². The zero-order chi connectivity index (χ0) is 13.0. The Bertz CT molecular complexity index is 417. The van der Waals surface area contributed by atoms with Gasteiger partial charge in [-0.1, -0.05) is 31.9 Å². The molecule has 0 aromatic heterocycles. The van der Waals surface area contributed by atoms with Gasteiger partial charge in [0, 0.05) is 11.7 Å². The molecule has 1 aliphatic rings. The van der Waals surface area contributed by atoms with Gasteiger partial charge in [0.1, 0.15) is 0 Å². The number of carbonyl (C=O) groups is 1. The largest absolute Gasteiger partial charge is 0.399 e. The molecule has 1 fully saturated rings. The first-order valence-corrected chi connectivity index (χ1v) is 6.77. The first-order chi connectivity index (χ1) is 8.63. The summed E-state index contributed by atoms with van der Waals surface area (Å²) in [6.07, 6.45) is 5.18. The first-order valence-electron chi connectivity index (χ1n) is 6.77. The molecule has 1 saturated carbocycles. The lowest BCUT2D eigenvalue weighted by Crippen LogP contribution is -2.38. The molecule has 3 N–H and O–H groups in total. The van der Waals surface area contributed by atoms with Crippen LogP contribution in [0.25, 0.3) is 0 Å². The molecule has 3 heteroatoms. The maximum Gasteiger partial charge on any atom is 0.224 e. The molecule has 3 nitrogen and oxygen atoms in total. The number of nitrogen functional groups attached to an aromatic ring is 1. The third-order valence-electron chi connectivity index (χ3n) is 3.62. The fourth-order valence-electron chi connectivity index (χ4n) is 2.73. The van der Waals surface area contributed by atoms with E-state index in [-0.39, 0.29) is 5.91 Å². The van der Waals surface area contributed by atoms with E-state index in [1.807, 2.05) is 24.3 Å². The predicted molar refractivity (Wildman–Crippen MR) is 74.1 cm³/mol. The molecule has 0 saturated heterocycles. The average molecular weight is 246 g/mol. The Morgan fingerprint density at radius 3 is 3.00 bits per heavy atom. The molecule has 0 spiro atoms. The minimum atomic E-state index is 0.111. The standard InChI is InChI=1S/C15H22N2O/c1-11-4-2-7-14(8-11)17-15(18)10-12-5-3-6-13(16)9-12/h3,5-6,9,11,14H,2,4,7-8,10,16H2,1H3,(H,17,18)/t11-,14-/m0/s1. The van der Waals surface area contributed by atoms with Gasteiger partial charge in [-0.25, -0.2) is 0 Å². The van der Waals surface area contributed by atoms with Crippen LogP contribution in [0.5, 0.6) is 0 Å². The van der Waals surface area contributed by atoms with Gasteiger partial charge in [0.15, 0.2) is 0 Å². The molecule has 0 heterocycles. The van der Waals surface area contributed by atoms with Gasteiger partial charge in [-0.15, -0.1) is 0 Å². The number of rotatable bonds is 3. The van der Waals surface area contributed by atoms with Gasteiger partial charge in [0.2, 0.25) is 5.91 Å². The van der Waals surface area contributed by atoms with E-state index in [0.717, 1.165) is 24.3 Å². The van der Waals surface area contributed by atoms with Crippen molar-refractivity contribution in [1.82, 2.24) is 5.32 Å².